The van der Waals surface area contributed by atoms with E-state index in [2.05, 4.69) is 24.4 Å². The summed E-state index contributed by atoms with van der Waals surface area (Å²) < 4.78 is 5.14. The number of rotatable bonds is 8. The van der Waals surface area contributed by atoms with Gasteiger partial charge in [0.2, 0.25) is 5.91 Å². The highest BCUT2D eigenvalue weighted by Gasteiger charge is 2.11. The van der Waals surface area contributed by atoms with Crippen molar-refractivity contribution >= 4 is 5.91 Å². The number of aliphatic hydroxyl groups is 1. The van der Waals surface area contributed by atoms with Gasteiger partial charge in [0.05, 0.1) is 19.6 Å². The SMILES string of the molecule is CCCc1ccc(CC(=O)NCC(O)c2cccc(OC)c2)cc1. The number of ether oxygens (including phenoxy) is 1. The zero-order valence-corrected chi connectivity index (χ0v) is 14.3. The topological polar surface area (TPSA) is 58.6 Å². The molecule has 0 saturated heterocycles. The van der Waals surface area contributed by atoms with Gasteiger partial charge < -0.3 is 15.2 Å². The first-order chi connectivity index (χ1) is 11.6. The minimum atomic E-state index is -0.754. The predicted molar refractivity (Wildman–Crippen MR) is 95.1 cm³/mol. The van der Waals surface area contributed by atoms with E-state index < -0.39 is 6.10 Å². The Morgan fingerprint density at radius 3 is 2.54 bits per heavy atom. The molecule has 0 bridgehead atoms. The summed E-state index contributed by atoms with van der Waals surface area (Å²) in [6, 6.07) is 15.3. The van der Waals surface area contributed by atoms with E-state index in [1.807, 2.05) is 30.3 Å². The van der Waals surface area contributed by atoms with E-state index in [0.29, 0.717) is 12.2 Å². The number of amides is 1. The number of hydrogen-bond acceptors (Lipinski definition) is 3. The van der Waals surface area contributed by atoms with Crippen LogP contribution in [0.15, 0.2) is 48.5 Å². The Bertz CT molecular complexity index is 652. The second kappa shape index (κ2) is 9.08. The third-order valence-electron chi connectivity index (χ3n) is 3.90. The highest BCUT2D eigenvalue weighted by atomic mass is 16.5. The van der Waals surface area contributed by atoms with Crippen molar-refractivity contribution in [3.05, 3.63) is 65.2 Å². The number of aryl methyl sites for hydroxylation is 1. The van der Waals surface area contributed by atoms with Crippen molar-refractivity contribution in [2.24, 2.45) is 0 Å². The summed E-state index contributed by atoms with van der Waals surface area (Å²) in [6.07, 6.45) is 1.73. The molecule has 0 aliphatic rings. The van der Waals surface area contributed by atoms with Gasteiger partial charge in [-0.1, -0.05) is 49.7 Å². The minimum absolute atomic E-state index is 0.0970. The van der Waals surface area contributed by atoms with Gasteiger partial charge in [-0.15, -0.1) is 0 Å². The second-order valence-electron chi connectivity index (χ2n) is 5.84. The van der Waals surface area contributed by atoms with Crippen LogP contribution < -0.4 is 10.1 Å². The molecule has 24 heavy (non-hydrogen) atoms. The molecule has 1 unspecified atom stereocenters. The van der Waals surface area contributed by atoms with E-state index in [4.69, 9.17) is 4.74 Å². The van der Waals surface area contributed by atoms with E-state index in [0.717, 1.165) is 24.0 Å². The minimum Gasteiger partial charge on any atom is -0.497 e. The molecule has 1 amide bonds. The fourth-order valence-electron chi connectivity index (χ4n) is 2.54. The van der Waals surface area contributed by atoms with Crippen molar-refractivity contribution in [1.82, 2.24) is 5.32 Å². The van der Waals surface area contributed by atoms with Crippen LogP contribution in [-0.2, 0) is 17.6 Å². The van der Waals surface area contributed by atoms with Crippen molar-refractivity contribution in [3.63, 3.8) is 0 Å². The van der Waals surface area contributed by atoms with Gasteiger partial charge in [-0.2, -0.15) is 0 Å². The van der Waals surface area contributed by atoms with Gasteiger partial charge >= 0.3 is 0 Å². The Morgan fingerprint density at radius 1 is 1.17 bits per heavy atom. The van der Waals surface area contributed by atoms with Crippen molar-refractivity contribution in [2.75, 3.05) is 13.7 Å². The number of carbonyl (C=O) groups excluding carboxylic acids is 1. The Hall–Kier alpha value is -2.33. The van der Waals surface area contributed by atoms with Crippen molar-refractivity contribution < 1.29 is 14.6 Å². The number of aliphatic hydroxyl groups excluding tert-OH is 1. The molecule has 0 aliphatic heterocycles. The lowest BCUT2D eigenvalue weighted by Gasteiger charge is -2.13. The van der Waals surface area contributed by atoms with Gasteiger partial charge in [-0.05, 0) is 35.2 Å². The number of hydrogen-bond donors (Lipinski definition) is 2. The van der Waals surface area contributed by atoms with Gasteiger partial charge in [-0.25, -0.2) is 0 Å². The van der Waals surface area contributed by atoms with Crippen LogP contribution in [0.3, 0.4) is 0 Å². The molecule has 128 valence electrons. The number of benzene rings is 2. The lowest BCUT2D eigenvalue weighted by molar-refractivity contribution is -0.120. The molecular formula is C20H25NO3. The summed E-state index contributed by atoms with van der Waals surface area (Å²) in [4.78, 5) is 12.0. The van der Waals surface area contributed by atoms with Crippen LogP contribution in [-0.4, -0.2) is 24.7 Å². The summed E-state index contributed by atoms with van der Waals surface area (Å²) in [5, 5.41) is 13.0. The van der Waals surface area contributed by atoms with Crippen LogP contribution in [0, 0.1) is 0 Å². The highest BCUT2D eigenvalue weighted by Crippen LogP contribution is 2.18. The van der Waals surface area contributed by atoms with Crippen LogP contribution in [0.1, 0.15) is 36.1 Å². The van der Waals surface area contributed by atoms with E-state index in [9.17, 15) is 9.90 Å². The van der Waals surface area contributed by atoms with Crippen LogP contribution in [0.25, 0.3) is 0 Å². The molecule has 0 heterocycles. The van der Waals surface area contributed by atoms with Crippen LogP contribution in [0.4, 0.5) is 0 Å². The highest BCUT2D eigenvalue weighted by molar-refractivity contribution is 5.78. The monoisotopic (exact) mass is 327 g/mol. The molecule has 2 rings (SSSR count). The average Bonchev–Trinajstić information content (AvgIpc) is 2.61. The maximum Gasteiger partial charge on any atom is 0.224 e. The summed E-state index contributed by atoms with van der Waals surface area (Å²) >= 11 is 0. The van der Waals surface area contributed by atoms with Gasteiger partial charge in [0, 0.05) is 6.54 Å². The average molecular weight is 327 g/mol. The van der Waals surface area contributed by atoms with E-state index in [-0.39, 0.29) is 12.5 Å². The van der Waals surface area contributed by atoms with Crippen LogP contribution >= 0.6 is 0 Å². The van der Waals surface area contributed by atoms with E-state index in [1.54, 1.807) is 13.2 Å². The van der Waals surface area contributed by atoms with Crippen LogP contribution in [0.2, 0.25) is 0 Å². The molecule has 2 aromatic carbocycles. The van der Waals surface area contributed by atoms with Gasteiger partial charge in [0.1, 0.15) is 5.75 Å². The summed E-state index contributed by atoms with van der Waals surface area (Å²) in [7, 11) is 1.58. The van der Waals surface area contributed by atoms with Crippen molar-refractivity contribution in [3.8, 4) is 5.75 Å². The van der Waals surface area contributed by atoms with E-state index >= 15 is 0 Å². The maximum absolute atomic E-state index is 12.0. The summed E-state index contributed by atoms with van der Waals surface area (Å²) in [6.45, 7) is 2.33. The fraction of sp³-hybridized carbons (Fsp3) is 0.350. The second-order valence-corrected chi connectivity index (χ2v) is 5.84. The third kappa shape index (κ3) is 5.39. The normalized spacial score (nSPS) is 11.8. The first-order valence-corrected chi connectivity index (χ1v) is 8.29. The molecule has 0 saturated carbocycles. The van der Waals surface area contributed by atoms with Gasteiger partial charge in [-0.3, -0.25) is 4.79 Å². The Kier molecular flexibility index (Phi) is 6.82. The van der Waals surface area contributed by atoms with Crippen LogP contribution in [0.5, 0.6) is 5.75 Å². The Labute approximate surface area is 143 Å². The molecule has 0 spiro atoms. The molecule has 4 nitrogen and oxygen atoms in total. The molecule has 0 radical (unpaired) electrons. The molecule has 0 fully saturated rings. The lowest BCUT2D eigenvalue weighted by Crippen LogP contribution is -2.29. The van der Waals surface area contributed by atoms with E-state index in [1.165, 1.54) is 5.56 Å². The summed E-state index contributed by atoms with van der Waals surface area (Å²) in [5.74, 6) is 0.588. The maximum atomic E-state index is 12.0. The molecular weight excluding hydrogens is 302 g/mol. The zero-order chi connectivity index (χ0) is 17.4. The standard InChI is InChI=1S/C20H25NO3/c1-3-5-15-8-10-16(11-9-15)12-20(23)21-14-19(22)17-6-4-7-18(13-17)24-2/h4,6-11,13,19,22H,3,5,12,14H2,1-2H3,(H,21,23). The first kappa shape index (κ1) is 18.0. The smallest absolute Gasteiger partial charge is 0.224 e. The largest absolute Gasteiger partial charge is 0.497 e. The molecule has 0 aliphatic carbocycles. The zero-order valence-electron chi connectivity index (χ0n) is 14.3. The molecule has 1 atom stereocenters. The Morgan fingerprint density at radius 2 is 1.88 bits per heavy atom. The van der Waals surface area contributed by atoms with Crippen molar-refractivity contribution in [1.29, 1.82) is 0 Å². The Balaban J connectivity index is 1.83. The molecule has 0 aromatic heterocycles. The van der Waals surface area contributed by atoms with Gasteiger partial charge in [0.15, 0.2) is 0 Å². The molecule has 2 N–H and O–H groups in total. The molecule has 4 heteroatoms. The first-order valence-electron chi connectivity index (χ1n) is 8.29. The number of methoxy groups -OCH3 is 1. The molecule has 2 aromatic rings. The number of nitrogens with one attached hydrogen (secondary N) is 1. The van der Waals surface area contributed by atoms with Gasteiger partial charge in [0.25, 0.3) is 0 Å². The number of carbonyl (C=O) groups is 1. The lowest BCUT2D eigenvalue weighted by atomic mass is 10.1. The fourth-order valence-corrected chi connectivity index (χ4v) is 2.54. The van der Waals surface area contributed by atoms with Crippen molar-refractivity contribution in [2.45, 2.75) is 32.3 Å². The predicted octanol–water partition coefficient (Wildman–Crippen LogP) is 3.04. The summed E-state index contributed by atoms with van der Waals surface area (Å²) in [5.41, 5.74) is 2.98. The quantitative estimate of drug-likeness (QED) is 0.783. The third-order valence-corrected chi connectivity index (χ3v) is 3.90.